The number of H-pyrrole nitrogens is 1. The number of aromatic amines is 1. The Kier molecular flexibility index (Phi) is 3.54. The lowest BCUT2D eigenvalue weighted by Crippen LogP contribution is -2.35. The first-order chi connectivity index (χ1) is 9.74. The van der Waals surface area contributed by atoms with E-state index in [1.807, 2.05) is 43.7 Å². The van der Waals surface area contributed by atoms with Gasteiger partial charge in [0, 0.05) is 51.7 Å². The highest BCUT2D eigenvalue weighted by Crippen LogP contribution is 2.27. The summed E-state index contributed by atoms with van der Waals surface area (Å²) >= 11 is 0. The zero-order valence-corrected chi connectivity index (χ0v) is 12.0. The van der Waals surface area contributed by atoms with Gasteiger partial charge in [0.15, 0.2) is 0 Å². The molecule has 1 fully saturated rings. The van der Waals surface area contributed by atoms with Crippen molar-refractivity contribution in [2.45, 2.75) is 18.8 Å². The molecule has 106 valence electrons. The van der Waals surface area contributed by atoms with Crippen LogP contribution in [0.1, 0.15) is 24.6 Å². The van der Waals surface area contributed by atoms with E-state index in [2.05, 4.69) is 24.8 Å². The minimum Gasteiger partial charge on any atom is -0.356 e. The molecule has 0 radical (unpaired) electrons. The second-order valence-corrected chi connectivity index (χ2v) is 5.37. The molecule has 2 aromatic heterocycles. The molecule has 2 aromatic rings. The largest absolute Gasteiger partial charge is 0.356 e. The lowest BCUT2D eigenvalue weighted by atomic mass is 9.97. The van der Waals surface area contributed by atoms with Crippen LogP contribution in [0.25, 0.3) is 0 Å². The predicted octanol–water partition coefficient (Wildman–Crippen LogP) is 1.65. The first kappa shape index (κ1) is 12.9. The molecule has 0 spiro atoms. The Bertz CT molecular complexity index is 551. The third-order valence-corrected chi connectivity index (χ3v) is 3.68. The number of aromatic nitrogens is 4. The topological polar surface area (TPSA) is 60.9 Å². The van der Waals surface area contributed by atoms with Gasteiger partial charge in [-0.15, -0.1) is 0 Å². The van der Waals surface area contributed by atoms with Gasteiger partial charge in [-0.3, -0.25) is 0 Å². The molecule has 0 aliphatic carbocycles. The first-order valence-electron chi connectivity index (χ1n) is 6.98. The average Bonchev–Trinajstić information content (AvgIpc) is 3.02. The van der Waals surface area contributed by atoms with Crippen molar-refractivity contribution in [3.8, 4) is 0 Å². The lowest BCUT2D eigenvalue weighted by molar-refractivity contribution is 0.491. The SMILES string of the molecule is CN(C)c1nccc(N2CCCC(c3ncc[nH]3)C2)n1. The van der Waals surface area contributed by atoms with Crippen molar-refractivity contribution in [2.24, 2.45) is 0 Å². The maximum absolute atomic E-state index is 4.62. The minimum atomic E-state index is 0.455. The summed E-state index contributed by atoms with van der Waals surface area (Å²) in [7, 11) is 3.92. The number of imidazole rings is 1. The molecule has 1 aliphatic heterocycles. The molecular formula is C14H20N6. The number of piperidine rings is 1. The van der Waals surface area contributed by atoms with Gasteiger partial charge >= 0.3 is 0 Å². The van der Waals surface area contributed by atoms with Gasteiger partial charge in [0.1, 0.15) is 11.6 Å². The summed E-state index contributed by atoms with van der Waals surface area (Å²) in [6, 6.07) is 1.98. The zero-order chi connectivity index (χ0) is 13.9. The Morgan fingerprint density at radius 2 is 2.20 bits per heavy atom. The summed E-state index contributed by atoms with van der Waals surface area (Å²) in [6.07, 6.45) is 7.88. The van der Waals surface area contributed by atoms with E-state index < -0.39 is 0 Å². The van der Waals surface area contributed by atoms with E-state index in [0.29, 0.717) is 5.92 Å². The van der Waals surface area contributed by atoms with Crippen molar-refractivity contribution in [3.63, 3.8) is 0 Å². The third kappa shape index (κ3) is 2.59. The molecule has 3 heterocycles. The maximum Gasteiger partial charge on any atom is 0.226 e. The molecule has 0 amide bonds. The molecule has 6 nitrogen and oxygen atoms in total. The normalized spacial score (nSPS) is 19.1. The number of hydrogen-bond donors (Lipinski definition) is 1. The van der Waals surface area contributed by atoms with Crippen LogP contribution in [-0.4, -0.2) is 47.1 Å². The molecule has 6 heteroatoms. The molecule has 1 aliphatic rings. The molecule has 0 aromatic carbocycles. The van der Waals surface area contributed by atoms with E-state index in [1.165, 1.54) is 6.42 Å². The van der Waals surface area contributed by atoms with E-state index in [9.17, 15) is 0 Å². The van der Waals surface area contributed by atoms with Gasteiger partial charge in [-0.05, 0) is 18.9 Å². The van der Waals surface area contributed by atoms with Crippen LogP contribution in [0.3, 0.4) is 0 Å². The van der Waals surface area contributed by atoms with Gasteiger partial charge in [0.2, 0.25) is 5.95 Å². The Labute approximate surface area is 118 Å². The maximum atomic E-state index is 4.62. The first-order valence-corrected chi connectivity index (χ1v) is 6.98. The molecule has 20 heavy (non-hydrogen) atoms. The molecule has 3 rings (SSSR count). The Balaban J connectivity index is 1.78. The van der Waals surface area contributed by atoms with Crippen LogP contribution in [0.2, 0.25) is 0 Å². The van der Waals surface area contributed by atoms with Gasteiger partial charge in [-0.2, -0.15) is 4.98 Å². The van der Waals surface area contributed by atoms with E-state index in [0.717, 1.165) is 37.1 Å². The summed E-state index contributed by atoms with van der Waals surface area (Å²) < 4.78 is 0. The highest BCUT2D eigenvalue weighted by Gasteiger charge is 2.24. The number of hydrogen-bond acceptors (Lipinski definition) is 5. The minimum absolute atomic E-state index is 0.455. The molecule has 1 saturated heterocycles. The fourth-order valence-electron chi connectivity index (χ4n) is 2.64. The van der Waals surface area contributed by atoms with Crippen LogP contribution >= 0.6 is 0 Å². The fourth-order valence-corrected chi connectivity index (χ4v) is 2.64. The lowest BCUT2D eigenvalue weighted by Gasteiger charge is -2.32. The third-order valence-electron chi connectivity index (χ3n) is 3.68. The van der Waals surface area contributed by atoms with Gasteiger partial charge in [-0.1, -0.05) is 0 Å². The van der Waals surface area contributed by atoms with Gasteiger partial charge in [0.25, 0.3) is 0 Å². The van der Waals surface area contributed by atoms with Crippen molar-refractivity contribution in [1.82, 2.24) is 19.9 Å². The summed E-state index contributed by atoms with van der Waals surface area (Å²) in [5.74, 6) is 3.29. The molecular weight excluding hydrogens is 252 g/mol. The number of anilines is 2. The van der Waals surface area contributed by atoms with Crippen molar-refractivity contribution < 1.29 is 0 Å². The summed E-state index contributed by atoms with van der Waals surface area (Å²) in [5, 5.41) is 0. The average molecular weight is 272 g/mol. The van der Waals surface area contributed by atoms with Crippen LogP contribution in [0.4, 0.5) is 11.8 Å². The highest BCUT2D eigenvalue weighted by atomic mass is 15.3. The van der Waals surface area contributed by atoms with Crippen molar-refractivity contribution in [3.05, 3.63) is 30.5 Å². The van der Waals surface area contributed by atoms with Crippen LogP contribution in [-0.2, 0) is 0 Å². The van der Waals surface area contributed by atoms with Crippen LogP contribution in [0.5, 0.6) is 0 Å². The van der Waals surface area contributed by atoms with Crippen LogP contribution in [0, 0.1) is 0 Å². The molecule has 1 N–H and O–H groups in total. The number of rotatable bonds is 3. The Morgan fingerprint density at radius 1 is 1.30 bits per heavy atom. The van der Waals surface area contributed by atoms with Crippen molar-refractivity contribution >= 4 is 11.8 Å². The molecule has 0 saturated carbocycles. The van der Waals surface area contributed by atoms with Crippen LogP contribution in [0.15, 0.2) is 24.7 Å². The Hall–Kier alpha value is -2.11. The Morgan fingerprint density at radius 3 is 2.95 bits per heavy atom. The van der Waals surface area contributed by atoms with Crippen LogP contribution < -0.4 is 9.80 Å². The van der Waals surface area contributed by atoms with Crippen molar-refractivity contribution in [2.75, 3.05) is 37.0 Å². The number of nitrogens with zero attached hydrogens (tertiary/aromatic N) is 5. The van der Waals surface area contributed by atoms with Gasteiger partial charge in [-0.25, -0.2) is 9.97 Å². The molecule has 0 bridgehead atoms. The predicted molar refractivity (Wildman–Crippen MR) is 79.1 cm³/mol. The summed E-state index contributed by atoms with van der Waals surface area (Å²) in [4.78, 5) is 20.8. The van der Waals surface area contributed by atoms with Crippen molar-refractivity contribution in [1.29, 1.82) is 0 Å². The van der Waals surface area contributed by atoms with E-state index in [-0.39, 0.29) is 0 Å². The highest BCUT2D eigenvalue weighted by molar-refractivity contribution is 5.44. The quantitative estimate of drug-likeness (QED) is 0.920. The zero-order valence-electron chi connectivity index (χ0n) is 12.0. The molecule has 1 unspecified atom stereocenters. The standard InChI is InChI=1S/C14H20N6/c1-19(2)14-17-6-5-12(18-14)20-9-3-4-11(10-20)13-15-7-8-16-13/h5-8,11H,3-4,9-10H2,1-2H3,(H,15,16). The monoisotopic (exact) mass is 272 g/mol. The molecule has 1 atom stereocenters. The smallest absolute Gasteiger partial charge is 0.226 e. The number of nitrogens with one attached hydrogen (secondary N) is 1. The second kappa shape index (κ2) is 5.48. The fraction of sp³-hybridized carbons (Fsp3) is 0.500. The summed E-state index contributed by atoms with van der Waals surface area (Å²) in [6.45, 7) is 2.00. The second-order valence-electron chi connectivity index (χ2n) is 5.37. The van der Waals surface area contributed by atoms with Gasteiger partial charge in [0.05, 0.1) is 0 Å². The van der Waals surface area contributed by atoms with E-state index >= 15 is 0 Å². The van der Waals surface area contributed by atoms with Gasteiger partial charge < -0.3 is 14.8 Å². The summed E-state index contributed by atoms with van der Waals surface area (Å²) in [5.41, 5.74) is 0. The van der Waals surface area contributed by atoms with E-state index in [1.54, 1.807) is 0 Å². The van der Waals surface area contributed by atoms with E-state index in [4.69, 9.17) is 0 Å².